The Morgan fingerprint density at radius 3 is 2.05 bits per heavy atom. The molecule has 1 saturated carbocycles. The number of imide groups is 1. The SMILES string of the molecule is CCCC(/C=C/C(=O)C(CCN1C(=O)c2ccccc2C1=O)NC(=O)C(NC(=O)OC(C)(C)CC)C1CCCCC1)C(=O)C(=O)NCC(=O)N[C@H](C(N)=O)c1ccccc1. The molecule has 6 N–H and O–H groups in total. The van der Waals surface area contributed by atoms with Gasteiger partial charge in [0.25, 0.3) is 17.7 Å². The molecule has 2 aromatic carbocycles. The monoisotopic (exact) mass is 828 g/mol. The third-order valence-corrected chi connectivity index (χ3v) is 10.9. The second kappa shape index (κ2) is 21.7. The zero-order valence-corrected chi connectivity index (χ0v) is 34.6. The average molecular weight is 829 g/mol. The Balaban J connectivity index is 1.51. The predicted octanol–water partition coefficient (Wildman–Crippen LogP) is 3.59. The molecule has 60 heavy (non-hydrogen) atoms. The summed E-state index contributed by atoms with van der Waals surface area (Å²) in [6.45, 7) is 6.23. The van der Waals surface area contributed by atoms with E-state index in [1.54, 1.807) is 63.2 Å². The van der Waals surface area contributed by atoms with Crippen molar-refractivity contribution in [2.75, 3.05) is 13.1 Å². The van der Waals surface area contributed by atoms with E-state index in [4.69, 9.17) is 10.5 Å². The van der Waals surface area contributed by atoms with Gasteiger partial charge >= 0.3 is 6.09 Å². The van der Waals surface area contributed by atoms with Gasteiger partial charge in [-0.2, -0.15) is 0 Å². The van der Waals surface area contributed by atoms with Gasteiger partial charge in [-0.1, -0.05) is 88.1 Å². The number of hydrogen-bond donors (Lipinski definition) is 5. The van der Waals surface area contributed by atoms with Crippen LogP contribution < -0.4 is 27.0 Å². The number of primary amides is 1. The molecule has 0 radical (unpaired) electrons. The van der Waals surface area contributed by atoms with Gasteiger partial charge in [0, 0.05) is 12.5 Å². The number of nitrogens with zero attached hydrogens (tertiary/aromatic N) is 1. The van der Waals surface area contributed by atoms with Gasteiger partial charge in [0.2, 0.25) is 23.5 Å². The Labute approximate surface area is 349 Å². The fraction of sp³-hybridized carbons (Fsp3) is 0.477. The minimum absolute atomic E-state index is 0.149. The van der Waals surface area contributed by atoms with Crippen LogP contribution in [0.15, 0.2) is 66.7 Å². The molecule has 1 aliphatic carbocycles. The van der Waals surface area contributed by atoms with Crippen LogP contribution in [0.3, 0.4) is 0 Å². The van der Waals surface area contributed by atoms with Gasteiger partial charge in [0.1, 0.15) is 17.7 Å². The van der Waals surface area contributed by atoms with Crippen LogP contribution in [-0.2, 0) is 33.5 Å². The van der Waals surface area contributed by atoms with E-state index in [9.17, 15) is 43.2 Å². The Morgan fingerprint density at radius 2 is 1.47 bits per heavy atom. The number of allylic oxidation sites excluding steroid dienone is 1. The van der Waals surface area contributed by atoms with E-state index in [0.717, 1.165) is 30.2 Å². The van der Waals surface area contributed by atoms with Crippen molar-refractivity contribution in [2.45, 2.75) is 109 Å². The number of ether oxygens (including phenoxy) is 1. The lowest BCUT2D eigenvalue weighted by Crippen LogP contribution is -2.55. The van der Waals surface area contributed by atoms with E-state index in [2.05, 4.69) is 21.3 Å². The highest BCUT2D eigenvalue weighted by Crippen LogP contribution is 2.28. The fourth-order valence-corrected chi connectivity index (χ4v) is 7.14. The normalized spacial score (nSPS) is 16.2. The minimum atomic E-state index is -1.33. The highest BCUT2D eigenvalue weighted by molar-refractivity contribution is 6.37. The maximum atomic E-state index is 14.1. The van der Waals surface area contributed by atoms with Crippen LogP contribution in [0.4, 0.5) is 4.79 Å². The molecule has 322 valence electrons. The van der Waals surface area contributed by atoms with Gasteiger partial charge in [0.05, 0.1) is 23.7 Å². The Kier molecular flexibility index (Phi) is 16.8. The molecule has 0 bridgehead atoms. The lowest BCUT2D eigenvalue weighted by atomic mass is 9.83. The average Bonchev–Trinajstić information content (AvgIpc) is 3.48. The summed E-state index contributed by atoms with van der Waals surface area (Å²) in [5.41, 5.74) is 5.51. The number of ketones is 2. The number of alkyl carbamates (subject to hydrolysis) is 1. The highest BCUT2D eigenvalue weighted by atomic mass is 16.6. The quantitative estimate of drug-likeness (QED) is 0.0696. The summed E-state index contributed by atoms with van der Waals surface area (Å²) in [6, 6.07) is 11.0. The van der Waals surface area contributed by atoms with Crippen LogP contribution in [0.5, 0.6) is 0 Å². The van der Waals surface area contributed by atoms with Crippen molar-refractivity contribution >= 4 is 53.1 Å². The number of rotatable bonds is 21. The number of nitrogens with one attached hydrogen (secondary N) is 4. The summed E-state index contributed by atoms with van der Waals surface area (Å²) in [7, 11) is 0. The van der Waals surface area contributed by atoms with Crippen LogP contribution >= 0.6 is 0 Å². The summed E-state index contributed by atoms with van der Waals surface area (Å²) in [4.78, 5) is 120. The fourth-order valence-electron chi connectivity index (χ4n) is 7.14. The van der Waals surface area contributed by atoms with E-state index in [-0.39, 0.29) is 36.4 Å². The first-order valence-electron chi connectivity index (χ1n) is 20.5. The Morgan fingerprint density at radius 1 is 0.850 bits per heavy atom. The molecule has 2 aromatic rings. The number of hydrogen-bond acceptors (Lipinski definition) is 10. The molecule has 1 heterocycles. The van der Waals surface area contributed by atoms with E-state index in [0.29, 0.717) is 31.2 Å². The first kappa shape index (κ1) is 46.5. The molecule has 1 fully saturated rings. The number of Topliss-reactive ketones (excluding diaryl/α,β-unsaturated/α-hetero) is 1. The molecule has 4 rings (SSSR count). The number of carbonyl (C=O) groups excluding carboxylic acids is 9. The highest BCUT2D eigenvalue weighted by Gasteiger charge is 2.38. The van der Waals surface area contributed by atoms with E-state index < -0.39 is 89.3 Å². The van der Waals surface area contributed by atoms with Crippen LogP contribution in [0, 0.1) is 11.8 Å². The second-order valence-corrected chi connectivity index (χ2v) is 15.7. The zero-order chi connectivity index (χ0) is 44.0. The molecule has 3 unspecified atom stereocenters. The smallest absolute Gasteiger partial charge is 0.408 e. The molecular weight excluding hydrogens is 773 g/mol. The molecule has 0 aromatic heterocycles. The number of nitrogens with two attached hydrogens (primary N) is 1. The van der Waals surface area contributed by atoms with Crippen molar-refractivity contribution in [2.24, 2.45) is 17.6 Å². The summed E-state index contributed by atoms with van der Waals surface area (Å²) < 4.78 is 5.59. The van der Waals surface area contributed by atoms with Gasteiger partial charge in [-0.05, 0) is 75.6 Å². The number of fused-ring (bicyclic) bond motifs is 1. The second-order valence-electron chi connectivity index (χ2n) is 15.7. The lowest BCUT2D eigenvalue weighted by Gasteiger charge is -2.32. The molecule has 7 amide bonds. The van der Waals surface area contributed by atoms with E-state index in [1.165, 1.54) is 18.2 Å². The molecule has 4 atom stereocenters. The maximum Gasteiger partial charge on any atom is 0.408 e. The van der Waals surface area contributed by atoms with Crippen molar-refractivity contribution in [3.05, 3.63) is 83.4 Å². The first-order valence-corrected chi connectivity index (χ1v) is 20.5. The molecule has 0 saturated heterocycles. The van der Waals surface area contributed by atoms with Crippen LogP contribution in [0.1, 0.15) is 118 Å². The van der Waals surface area contributed by atoms with Crippen molar-refractivity contribution in [3.63, 3.8) is 0 Å². The molecule has 16 nitrogen and oxygen atoms in total. The van der Waals surface area contributed by atoms with Crippen molar-refractivity contribution in [3.8, 4) is 0 Å². The largest absolute Gasteiger partial charge is 0.444 e. The van der Waals surface area contributed by atoms with Crippen molar-refractivity contribution < 1.29 is 47.9 Å². The summed E-state index contributed by atoms with van der Waals surface area (Å²) in [5.74, 6) is -7.47. The van der Waals surface area contributed by atoms with Crippen LogP contribution in [0.25, 0.3) is 0 Å². The predicted molar refractivity (Wildman–Crippen MR) is 220 cm³/mol. The lowest BCUT2D eigenvalue weighted by molar-refractivity contribution is -0.140. The van der Waals surface area contributed by atoms with Crippen molar-refractivity contribution in [1.82, 2.24) is 26.2 Å². The number of amides is 7. The molecule has 2 aliphatic rings. The summed E-state index contributed by atoms with van der Waals surface area (Å²) >= 11 is 0. The molecule has 1 aliphatic heterocycles. The number of benzene rings is 2. The Bertz CT molecular complexity index is 1920. The summed E-state index contributed by atoms with van der Waals surface area (Å²) in [6.07, 6.45) is 6.35. The third-order valence-electron chi connectivity index (χ3n) is 10.9. The van der Waals surface area contributed by atoms with Crippen LogP contribution in [0.2, 0.25) is 0 Å². The van der Waals surface area contributed by atoms with Gasteiger partial charge < -0.3 is 31.7 Å². The molecular formula is C44H56N6O10. The summed E-state index contributed by atoms with van der Waals surface area (Å²) in [5, 5.41) is 10.2. The van der Waals surface area contributed by atoms with E-state index >= 15 is 0 Å². The Hall–Kier alpha value is -6.19. The van der Waals surface area contributed by atoms with Gasteiger partial charge in [-0.3, -0.25) is 43.3 Å². The molecule has 0 spiro atoms. The van der Waals surface area contributed by atoms with Gasteiger partial charge in [-0.25, -0.2) is 4.79 Å². The van der Waals surface area contributed by atoms with Crippen molar-refractivity contribution in [1.29, 1.82) is 0 Å². The number of carbonyl (C=O) groups is 9. The topological polar surface area (TPSA) is 240 Å². The first-order chi connectivity index (χ1) is 28.6. The minimum Gasteiger partial charge on any atom is -0.444 e. The van der Waals surface area contributed by atoms with Crippen LogP contribution in [-0.4, -0.2) is 88.8 Å². The molecule has 16 heteroatoms. The maximum absolute atomic E-state index is 14.1. The third kappa shape index (κ3) is 12.7. The van der Waals surface area contributed by atoms with Gasteiger partial charge in [0.15, 0.2) is 5.78 Å². The zero-order valence-electron chi connectivity index (χ0n) is 34.6. The van der Waals surface area contributed by atoms with E-state index in [1.807, 2.05) is 6.92 Å². The standard InChI is InChI=1S/C44H56N6O10/c1-5-15-29(37(53)40(56)46-26-34(52)48-35(38(45)54)27-16-9-7-10-17-27)22-23-33(51)32(24-25-50-41(57)30-20-13-14-21-31(30)42(50)58)47-39(55)36(28-18-11-8-12-19-28)49-43(59)60-44(3,4)6-2/h7,9-10,13-14,16-17,20-23,28-29,32,35-36H,5-6,8,11-12,15,18-19,24-26H2,1-4H3,(H2,45,54)(H,46,56)(H,47,55)(H,48,52)(H,49,59)/b23-22+/t29?,32?,35-,36?/m0/s1. The van der Waals surface area contributed by atoms with Gasteiger partial charge in [-0.15, -0.1) is 0 Å².